The summed E-state index contributed by atoms with van der Waals surface area (Å²) in [5, 5.41) is 3.69. The van der Waals surface area contributed by atoms with Gasteiger partial charge in [0.05, 0.1) is 12.3 Å². The smallest absolute Gasteiger partial charge is 0.267 e. The van der Waals surface area contributed by atoms with E-state index in [9.17, 15) is 4.79 Å². The third kappa shape index (κ3) is 3.38. The van der Waals surface area contributed by atoms with E-state index < -0.39 is 0 Å². The summed E-state index contributed by atoms with van der Waals surface area (Å²) in [5.74, 6) is -0.224. The van der Waals surface area contributed by atoms with Crippen molar-refractivity contribution in [2.75, 3.05) is 18.2 Å². The van der Waals surface area contributed by atoms with Gasteiger partial charge in [-0.15, -0.1) is 11.3 Å². The number of rotatable bonds is 4. The van der Waals surface area contributed by atoms with Crippen LogP contribution in [0.2, 0.25) is 0 Å². The number of pyridine rings is 1. The predicted molar refractivity (Wildman–Crippen MR) is 107 cm³/mol. The fraction of sp³-hybridized carbons (Fsp3) is 0.176. The van der Waals surface area contributed by atoms with Gasteiger partial charge in [0.15, 0.2) is 0 Å². The van der Waals surface area contributed by atoms with Gasteiger partial charge >= 0.3 is 0 Å². The van der Waals surface area contributed by atoms with Crippen LogP contribution in [0.15, 0.2) is 30.3 Å². The minimum Gasteiger partial charge on any atom is -0.397 e. The summed E-state index contributed by atoms with van der Waals surface area (Å²) in [4.78, 5) is 18.3. The van der Waals surface area contributed by atoms with Crippen molar-refractivity contribution >= 4 is 61.4 Å². The van der Waals surface area contributed by atoms with Crippen molar-refractivity contribution in [2.45, 2.75) is 13.5 Å². The van der Waals surface area contributed by atoms with Crippen LogP contribution < -0.4 is 11.1 Å². The third-order valence-corrected chi connectivity index (χ3v) is 5.33. The molecule has 0 spiro atoms. The zero-order valence-corrected chi connectivity index (χ0v) is 16.2. The van der Waals surface area contributed by atoms with Crippen LogP contribution in [-0.4, -0.2) is 18.0 Å². The van der Waals surface area contributed by atoms with Gasteiger partial charge in [0.1, 0.15) is 9.71 Å². The van der Waals surface area contributed by atoms with E-state index in [-0.39, 0.29) is 5.91 Å². The van der Waals surface area contributed by atoms with Crippen molar-refractivity contribution in [3.8, 4) is 0 Å². The number of carbonyl (C=O) groups excluding carboxylic acids is 1. The van der Waals surface area contributed by atoms with Gasteiger partial charge in [-0.1, -0.05) is 0 Å². The number of ether oxygens (including phenoxy) is 1. The molecule has 0 saturated carbocycles. The van der Waals surface area contributed by atoms with Crippen molar-refractivity contribution in [3.05, 3.63) is 50.0 Å². The van der Waals surface area contributed by atoms with Crippen LogP contribution in [0.5, 0.6) is 0 Å². The number of hydrogen-bond acceptors (Lipinski definition) is 5. The Morgan fingerprint density at radius 3 is 2.75 bits per heavy atom. The molecule has 3 rings (SSSR count). The quantitative estimate of drug-likeness (QED) is 0.581. The highest BCUT2D eigenvalue weighted by molar-refractivity contribution is 14.1. The molecule has 3 N–H and O–H groups in total. The standard InChI is InChI=1S/C17H16IN3O2S/c1-9-7-10(8-23-2)13-14(19)15(24-17(13)20-9)16(22)21-12-5-3-11(18)4-6-12/h3-7H,8,19H2,1-2H3,(H,21,22). The molecule has 0 saturated heterocycles. The molecule has 0 atom stereocenters. The van der Waals surface area contributed by atoms with Gasteiger partial charge < -0.3 is 15.8 Å². The molecule has 1 aromatic carbocycles. The fourth-order valence-corrected chi connectivity index (χ4v) is 3.94. The monoisotopic (exact) mass is 453 g/mol. The molecule has 0 aliphatic heterocycles. The first-order valence-corrected chi connectivity index (χ1v) is 9.13. The lowest BCUT2D eigenvalue weighted by atomic mass is 10.1. The SMILES string of the molecule is COCc1cc(C)nc2sc(C(=O)Nc3ccc(I)cc3)c(N)c12. The Labute approximate surface area is 157 Å². The van der Waals surface area contributed by atoms with Crippen LogP contribution in [0.25, 0.3) is 10.2 Å². The van der Waals surface area contributed by atoms with E-state index in [1.54, 1.807) is 7.11 Å². The largest absolute Gasteiger partial charge is 0.397 e. The molecule has 0 aliphatic rings. The van der Waals surface area contributed by atoms with Gasteiger partial charge in [0, 0.05) is 27.4 Å². The number of halogens is 1. The summed E-state index contributed by atoms with van der Waals surface area (Å²) in [6, 6.07) is 9.54. The summed E-state index contributed by atoms with van der Waals surface area (Å²) < 4.78 is 6.35. The molecule has 3 aromatic rings. The molecule has 2 aromatic heterocycles. The number of nitrogen functional groups attached to an aromatic ring is 1. The third-order valence-electron chi connectivity index (χ3n) is 3.52. The molecule has 0 fully saturated rings. The maximum Gasteiger partial charge on any atom is 0.267 e. The second-order valence-electron chi connectivity index (χ2n) is 5.34. The molecule has 2 heterocycles. The van der Waals surface area contributed by atoms with Crippen molar-refractivity contribution in [1.82, 2.24) is 4.98 Å². The van der Waals surface area contributed by atoms with Gasteiger partial charge in [-0.2, -0.15) is 0 Å². The first-order chi connectivity index (χ1) is 11.5. The maximum absolute atomic E-state index is 12.6. The minimum atomic E-state index is -0.224. The number of nitrogens with one attached hydrogen (secondary N) is 1. The number of fused-ring (bicyclic) bond motifs is 1. The molecule has 1 amide bonds. The van der Waals surface area contributed by atoms with Crippen molar-refractivity contribution in [2.24, 2.45) is 0 Å². The Bertz CT molecular complexity index is 906. The van der Waals surface area contributed by atoms with E-state index in [0.717, 1.165) is 30.7 Å². The molecule has 24 heavy (non-hydrogen) atoms. The average molecular weight is 453 g/mol. The molecule has 0 aliphatic carbocycles. The molecule has 7 heteroatoms. The van der Waals surface area contributed by atoms with Gasteiger partial charge in [0.2, 0.25) is 0 Å². The topological polar surface area (TPSA) is 77.2 Å². The molecule has 124 valence electrons. The molecule has 0 radical (unpaired) electrons. The van der Waals surface area contributed by atoms with E-state index in [0.29, 0.717) is 17.2 Å². The number of carbonyl (C=O) groups is 1. The summed E-state index contributed by atoms with van der Waals surface area (Å²) in [6.07, 6.45) is 0. The summed E-state index contributed by atoms with van der Waals surface area (Å²) in [7, 11) is 1.63. The minimum absolute atomic E-state index is 0.224. The maximum atomic E-state index is 12.6. The Morgan fingerprint density at radius 2 is 2.08 bits per heavy atom. The second-order valence-corrected chi connectivity index (χ2v) is 7.59. The number of hydrogen-bond donors (Lipinski definition) is 2. The lowest BCUT2D eigenvalue weighted by Gasteiger charge is -2.06. The van der Waals surface area contributed by atoms with Gasteiger partial charge in [-0.05, 0) is 65.4 Å². The Balaban J connectivity index is 2.00. The van der Waals surface area contributed by atoms with Crippen LogP contribution in [0.4, 0.5) is 11.4 Å². The van der Waals surface area contributed by atoms with Crippen LogP contribution >= 0.6 is 33.9 Å². The van der Waals surface area contributed by atoms with E-state index in [2.05, 4.69) is 32.9 Å². The zero-order valence-electron chi connectivity index (χ0n) is 13.2. The molecular weight excluding hydrogens is 437 g/mol. The van der Waals surface area contributed by atoms with E-state index in [1.807, 2.05) is 37.3 Å². The van der Waals surface area contributed by atoms with E-state index >= 15 is 0 Å². The van der Waals surface area contributed by atoms with Crippen LogP contribution in [0.1, 0.15) is 20.9 Å². The lowest BCUT2D eigenvalue weighted by molar-refractivity contribution is 0.103. The van der Waals surface area contributed by atoms with Crippen LogP contribution in [0, 0.1) is 10.5 Å². The van der Waals surface area contributed by atoms with Crippen molar-refractivity contribution in [1.29, 1.82) is 0 Å². The first kappa shape index (κ1) is 17.1. The lowest BCUT2D eigenvalue weighted by Crippen LogP contribution is -2.12. The summed E-state index contributed by atoms with van der Waals surface area (Å²) >= 11 is 3.52. The molecule has 0 bridgehead atoms. The number of nitrogens with two attached hydrogens (primary N) is 1. The highest BCUT2D eigenvalue weighted by Crippen LogP contribution is 2.36. The molecular formula is C17H16IN3O2S. The number of methoxy groups -OCH3 is 1. The van der Waals surface area contributed by atoms with E-state index in [4.69, 9.17) is 10.5 Å². The number of amides is 1. The highest BCUT2D eigenvalue weighted by Gasteiger charge is 2.20. The number of anilines is 2. The number of thiophene rings is 1. The van der Waals surface area contributed by atoms with Crippen molar-refractivity contribution < 1.29 is 9.53 Å². The number of benzene rings is 1. The number of aromatic nitrogens is 1. The predicted octanol–water partition coefficient (Wildman–Crippen LogP) is 4.19. The second kappa shape index (κ2) is 7.04. The molecule has 0 unspecified atom stereocenters. The van der Waals surface area contributed by atoms with E-state index in [1.165, 1.54) is 11.3 Å². The zero-order chi connectivity index (χ0) is 17.3. The highest BCUT2D eigenvalue weighted by atomic mass is 127. The summed E-state index contributed by atoms with van der Waals surface area (Å²) in [6.45, 7) is 2.35. The van der Waals surface area contributed by atoms with Gasteiger partial charge in [-0.25, -0.2) is 4.98 Å². The fourth-order valence-electron chi connectivity index (χ4n) is 2.50. The number of aryl methyl sites for hydroxylation is 1. The Kier molecular flexibility index (Phi) is 5.02. The number of nitrogens with zero attached hydrogens (tertiary/aromatic N) is 1. The van der Waals surface area contributed by atoms with Crippen LogP contribution in [0.3, 0.4) is 0 Å². The Morgan fingerprint density at radius 1 is 1.38 bits per heavy atom. The van der Waals surface area contributed by atoms with Crippen molar-refractivity contribution in [3.63, 3.8) is 0 Å². The van der Waals surface area contributed by atoms with Gasteiger partial charge in [0.25, 0.3) is 5.91 Å². The average Bonchev–Trinajstić information content (AvgIpc) is 2.87. The summed E-state index contributed by atoms with van der Waals surface area (Å²) in [5.41, 5.74) is 9.26. The Hall–Kier alpha value is -1.71. The first-order valence-electron chi connectivity index (χ1n) is 7.24. The van der Waals surface area contributed by atoms with Crippen LogP contribution in [-0.2, 0) is 11.3 Å². The van der Waals surface area contributed by atoms with Gasteiger partial charge in [-0.3, -0.25) is 4.79 Å². The molecule has 5 nitrogen and oxygen atoms in total. The normalized spacial score (nSPS) is 11.0.